The topological polar surface area (TPSA) is 99.0 Å². The summed E-state index contributed by atoms with van der Waals surface area (Å²) in [6, 6.07) is 1.77. The summed E-state index contributed by atoms with van der Waals surface area (Å²) < 4.78 is 6.43. The highest BCUT2D eigenvalue weighted by atomic mass is 16.5. The van der Waals surface area contributed by atoms with Crippen LogP contribution in [0.1, 0.15) is 34.6 Å². The van der Waals surface area contributed by atoms with E-state index in [1.54, 1.807) is 20.0 Å². The molecule has 7 nitrogen and oxygen atoms in total. The smallest absolute Gasteiger partial charge is 0.272 e. The molecule has 7 heteroatoms. The third-order valence-corrected chi connectivity index (χ3v) is 2.82. The highest BCUT2D eigenvalue weighted by Gasteiger charge is 2.19. The Morgan fingerprint density at radius 2 is 2.32 bits per heavy atom. The van der Waals surface area contributed by atoms with Crippen LogP contribution in [0.15, 0.2) is 10.6 Å². The summed E-state index contributed by atoms with van der Waals surface area (Å²) in [6.45, 7) is 4.03. The maximum absolute atomic E-state index is 12.1. The highest BCUT2D eigenvalue weighted by Crippen LogP contribution is 2.16. The van der Waals surface area contributed by atoms with Crippen LogP contribution in [0.25, 0.3) is 0 Å². The number of anilines is 1. The molecule has 0 saturated carbocycles. The summed E-state index contributed by atoms with van der Waals surface area (Å²) in [5.41, 5.74) is 8.11. The summed E-state index contributed by atoms with van der Waals surface area (Å²) in [6.07, 6.45) is 0.690. The Labute approximate surface area is 110 Å². The molecular weight excluding hydrogens is 246 g/mol. The minimum atomic E-state index is -0.271. The van der Waals surface area contributed by atoms with Crippen molar-refractivity contribution in [2.45, 2.75) is 26.8 Å². The molecule has 0 bridgehead atoms. The van der Waals surface area contributed by atoms with E-state index in [0.29, 0.717) is 35.8 Å². The molecule has 0 atom stereocenters. The van der Waals surface area contributed by atoms with Crippen LogP contribution in [0.3, 0.4) is 0 Å². The van der Waals surface area contributed by atoms with Gasteiger partial charge < -0.3 is 15.6 Å². The van der Waals surface area contributed by atoms with Crippen LogP contribution in [0.5, 0.6) is 0 Å². The predicted octanol–water partition coefficient (Wildman–Crippen LogP) is 0.791. The normalized spacial score (nSPS) is 10.7. The molecule has 0 aromatic carbocycles. The van der Waals surface area contributed by atoms with Gasteiger partial charge in [0.2, 0.25) is 0 Å². The molecule has 0 saturated heterocycles. The van der Waals surface area contributed by atoms with E-state index >= 15 is 0 Å². The van der Waals surface area contributed by atoms with Gasteiger partial charge in [-0.25, -0.2) is 0 Å². The van der Waals surface area contributed by atoms with E-state index in [1.807, 2.05) is 6.92 Å². The number of carbonyl (C=O) groups excluding carboxylic acids is 1. The second-order valence-electron chi connectivity index (χ2n) is 4.30. The maximum Gasteiger partial charge on any atom is 0.272 e. The molecule has 0 aliphatic rings. The van der Waals surface area contributed by atoms with E-state index in [-0.39, 0.29) is 5.91 Å². The molecule has 19 heavy (non-hydrogen) atoms. The second-order valence-corrected chi connectivity index (χ2v) is 4.30. The van der Waals surface area contributed by atoms with Gasteiger partial charge in [0.1, 0.15) is 17.1 Å². The Bertz CT molecular complexity index is 599. The van der Waals surface area contributed by atoms with Crippen molar-refractivity contribution in [3.05, 3.63) is 28.9 Å². The summed E-state index contributed by atoms with van der Waals surface area (Å²) in [7, 11) is 1.70. The number of aromatic nitrogens is 3. The monoisotopic (exact) mass is 263 g/mol. The van der Waals surface area contributed by atoms with Crippen molar-refractivity contribution in [2.75, 3.05) is 5.73 Å². The van der Waals surface area contributed by atoms with Gasteiger partial charge in [0, 0.05) is 13.1 Å². The summed E-state index contributed by atoms with van der Waals surface area (Å²) in [5, 5.41) is 10.8. The Balaban J connectivity index is 2.10. The fraction of sp³-hybridized carbons (Fsp3) is 0.417. The number of nitrogens with two attached hydrogens (primary N) is 1. The second kappa shape index (κ2) is 5.13. The number of hydrogen-bond donors (Lipinski definition) is 2. The van der Waals surface area contributed by atoms with Gasteiger partial charge in [-0.3, -0.25) is 9.48 Å². The molecular formula is C12H17N5O2. The number of aryl methyl sites for hydroxylation is 3. The Kier molecular flexibility index (Phi) is 3.55. The first kappa shape index (κ1) is 13.1. The van der Waals surface area contributed by atoms with Gasteiger partial charge in [-0.1, -0.05) is 12.1 Å². The van der Waals surface area contributed by atoms with Gasteiger partial charge in [-0.2, -0.15) is 5.10 Å². The van der Waals surface area contributed by atoms with Gasteiger partial charge in [0.05, 0.1) is 17.9 Å². The third kappa shape index (κ3) is 2.59. The summed E-state index contributed by atoms with van der Waals surface area (Å²) in [4.78, 5) is 12.1. The van der Waals surface area contributed by atoms with Crippen molar-refractivity contribution >= 4 is 11.6 Å². The lowest BCUT2D eigenvalue weighted by Gasteiger charge is -2.04. The average Bonchev–Trinajstić information content (AvgIpc) is 2.90. The first-order valence-electron chi connectivity index (χ1n) is 6.04. The van der Waals surface area contributed by atoms with Crippen molar-refractivity contribution in [3.63, 3.8) is 0 Å². The van der Waals surface area contributed by atoms with Gasteiger partial charge >= 0.3 is 0 Å². The minimum absolute atomic E-state index is 0.271. The largest absolute Gasteiger partial charge is 0.395 e. The maximum atomic E-state index is 12.1. The van der Waals surface area contributed by atoms with Crippen molar-refractivity contribution in [1.29, 1.82) is 0 Å². The van der Waals surface area contributed by atoms with Crippen molar-refractivity contribution < 1.29 is 9.32 Å². The molecule has 0 aliphatic heterocycles. The molecule has 2 aromatic heterocycles. The molecule has 0 spiro atoms. The van der Waals surface area contributed by atoms with E-state index in [2.05, 4.69) is 15.6 Å². The first-order valence-corrected chi connectivity index (χ1v) is 6.04. The van der Waals surface area contributed by atoms with Crippen LogP contribution in [0.4, 0.5) is 5.69 Å². The zero-order valence-corrected chi connectivity index (χ0v) is 11.2. The van der Waals surface area contributed by atoms with Gasteiger partial charge in [-0.05, 0) is 13.3 Å². The van der Waals surface area contributed by atoms with Crippen LogP contribution >= 0.6 is 0 Å². The molecule has 0 radical (unpaired) electrons. The van der Waals surface area contributed by atoms with Crippen LogP contribution in [0, 0.1) is 6.92 Å². The van der Waals surface area contributed by atoms with Crippen molar-refractivity contribution in [3.8, 4) is 0 Å². The van der Waals surface area contributed by atoms with E-state index in [4.69, 9.17) is 10.3 Å². The summed E-state index contributed by atoms with van der Waals surface area (Å²) >= 11 is 0. The van der Waals surface area contributed by atoms with Gasteiger partial charge in [0.25, 0.3) is 5.91 Å². The molecule has 2 heterocycles. The lowest BCUT2D eigenvalue weighted by atomic mass is 10.2. The van der Waals surface area contributed by atoms with Crippen LogP contribution in [-0.4, -0.2) is 20.8 Å². The quantitative estimate of drug-likeness (QED) is 0.849. The standard InChI is InChI=1S/C12H17N5O2/c1-4-9-10(13)11(17(3)15-9)12(18)14-6-8-5-7(2)19-16-8/h5H,4,6,13H2,1-3H3,(H,14,18). The molecule has 1 amide bonds. The predicted molar refractivity (Wildman–Crippen MR) is 69.4 cm³/mol. The number of hydrogen-bond acceptors (Lipinski definition) is 5. The molecule has 0 aliphatic carbocycles. The van der Waals surface area contributed by atoms with E-state index in [1.165, 1.54) is 4.68 Å². The van der Waals surface area contributed by atoms with Crippen LogP contribution in [-0.2, 0) is 20.0 Å². The average molecular weight is 263 g/mol. The Morgan fingerprint density at radius 3 is 2.84 bits per heavy atom. The highest BCUT2D eigenvalue weighted by molar-refractivity contribution is 5.97. The molecule has 102 valence electrons. The number of carbonyl (C=O) groups is 1. The number of nitrogens with zero attached hydrogens (tertiary/aromatic N) is 3. The van der Waals surface area contributed by atoms with E-state index in [9.17, 15) is 4.79 Å². The lowest BCUT2D eigenvalue weighted by Crippen LogP contribution is -2.26. The van der Waals surface area contributed by atoms with Crippen molar-refractivity contribution in [1.82, 2.24) is 20.3 Å². The number of amides is 1. The number of rotatable bonds is 4. The Morgan fingerprint density at radius 1 is 1.58 bits per heavy atom. The van der Waals surface area contributed by atoms with E-state index in [0.717, 1.165) is 5.69 Å². The molecule has 0 unspecified atom stereocenters. The number of nitrogen functional groups attached to an aromatic ring is 1. The van der Waals surface area contributed by atoms with Crippen LogP contribution < -0.4 is 11.1 Å². The van der Waals surface area contributed by atoms with Crippen molar-refractivity contribution in [2.24, 2.45) is 7.05 Å². The van der Waals surface area contributed by atoms with Gasteiger partial charge in [0.15, 0.2) is 0 Å². The fourth-order valence-electron chi connectivity index (χ4n) is 1.88. The van der Waals surface area contributed by atoms with Gasteiger partial charge in [-0.15, -0.1) is 0 Å². The molecule has 2 aromatic rings. The van der Waals surface area contributed by atoms with E-state index < -0.39 is 0 Å². The number of nitrogens with one attached hydrogen (secondary N) is 1. The van der Waals surface area contributed by atoms with Crippen LogP contribution in [0.2, 0.25) is 0 Å². The third-order valence-electron chi connectivity index (χ3n) is 2.82. The molecule has 2 rings (SSSR count). The molecule has 3 N–H and O–H groups in total. The first-order chi connectivity index (χ1) is 9.02. The minimum Gasteiger partial charge on any atom is -0.395 e. The zero-order valence-electron chi connectivity index (χ0n) is 11.2. The fourth-order valence-corrected chi connectivity index (χ4v) is 1.88. The summed E-state index contributed by atoms with van der Waals surface area (Å²) in [5.74, 6) is 0.436. The zero-order chi connectivity index (χ0) is 14.0. The lowest BCUT2D eigenvalue weighted by molar-refractivity contribution is 0.0941. The Hall–Kier alpha value is -2.31. The molecule has 0 fully saturated rings. The SMILES string of the molecule is CCc1nn(C)c(C(=O)NCc2cc(C)on2)c1N.